The van der Waals surface area contributed by atoms with Crippen molar-refractivity contribution in [2.24, 2.45) is 0 Å². The Labute approximate surface area is 249 Å². The number of nitrogens with zero attached hydrogens (tertiary/aromatic N) is 2. The SMILES string of the molecule is O=S(=O)(Cc1ccc(-c2ccc3c(c2)CCC2(CCN(c4ccccc4OC(F)(F)F)CC2)O3)cc1)Cc1ccccn1. The number of ether oxygens (including phenoxy) is 2. The third-order valence-corrected chi connectivity index (χ3v) is 9.62. The van der Waals surface area contributed by atoms with Crippen molar-refractivity contribution >= 4 is 15.5 Å². The molecule has 1 fully saturated rings. The van der Waals surface area contributed by atoms with Crippen LogP contribution in [0.1, 0.15) is 36.1 Å². The lowest BCUT2D eigenvalue weighted by Crippen LogP contribution is -2.50. The number of para-hydroxylation sites is 2. The highest BCUT2D eigenvalue weighted by atomic mass is 32.2. The van der Waals surface area contributed by atoms with Gasteiger partial charge in [0.15, 0.2) is 15.6 Å². The van der Waals surface area contributed by atoms with Crippen LogP contribution < -0.4 is 14.4 Å². The van der Waals surface area contributed by atoms with Crippen LogP contribution in [0.2, 0.25) is 0 Å². The minimum Gasteiger partial charge on any atom is -0.487 e. The maximum absolute atomic E-state index is 12.9. The van der Waals surface area contributed by atoms with Gasteiger partial charge >= 0.3 is 6.36 Å². The predicted molar refractivity (Wildman–Crippen MR) is 159 cm³/mol. The van der Waals surface area contributed by atoms with E-state index < -0.39 is 16.2 Å². The van der Waals surface area contributed by atoms with E-state index in [1.807, 2.05) is 41.3 Å². The molecule has 0 aliphatic carbocycles. The zero-order valence-electron chi connectivity index (χ0n) is 23.4. The lowest BCUT2D eigenvalue weighted by Gasteiger charge is -2.45. The molecule has 43 heavy (non-hydrogen) atoms. The van der Waals surface area contributed by atoms with Crippen LogP contribution in [-0.4, -0.2) is 38.5 Å². The first-order valence-corrected chi connectivity index (χ1v) is 16.0. The standard InChI is InChI=1S/C33H31F3N2O4S/c34-33(35,36)42-31-7-2-1-6-29(31)38-19-16-32(17-20-38)15-14-27-21-26(12-13-30(27)41-32)25-10-8-24(9-11-25)22-43(39,40)23-28-5-3-4-18-37-28/h1-13,18,21H,14-17,19-20,22-23H2. The van der Waals surface area contributed by atoms with E-state index in [2.05, 4.69) is 15.8 Å². The molecule has 0 unspecified atom stereocenters. The number of rotatable bonds is 7. The normalized spacial score (nSPS) is 16.4. The first kappa shape index (κ1) is 29.0. The Kier molecular flexibility index (Phi) is 7.81. The molecule has 4 aromatic rings. The van der Waals surface area contributed by atoms with Gasteiger partial charge in [0.2, 0.25) is 0 Å². The van der Waals surface area contributed by atoms with Gasteiger partial charge in [0.1, 0.15) is 11.4 Å². The largest absolute Gasteiger partial charge is 0.573 e. The number of hydrogen-bond donors (Lipinski definition) is 0. The van der Waals surface area contributed by atoms with Crippen LogP contribution >= 0.6 is 0 Å². The van der Waals surface area contributed by atoms with Crippen molar-refractivity contribution in [3.8, 4) is 22.6 Å². The van der Waals surface area contributed by atoms with E-state index >= 15 is 0 Å². The molecule has 6 rings (SSSR count). The third-order valence-electron chi connectivity index (χ3n) is 8.11. The first-order chi connectivity index (χ1) is 20.6. The number of hydrogen-bond acceptors (Lipinski definition) is 6. The van der Waals surface area contributed by atoms with Gasteiger partial charge < -0.3 is 14.4 Å². The summed E-state index contributed by atoms with van der Waals surface area (Å²) in [7, 11) is -3.35. The predicted octanol–water partition coefficient (Wildman–Crippen LogP) is 7.13. The van der Waals surface area contributed by atoms with Crippen LogP contribution in [0.25, 0.3) is 11.1 Å². The quantitative estimate of drug-likeness (QED) is 0.223. The molecule has 1 aromatic heterocycles. The molecule has 0 saturated carbocycles. The van der Waals surface area contributed by atoms with Gasteiger partial charge in [-0.05, 0) is 71.5 Å². The van der Waals surface area contributed by atoms with E-state index in [9.17, 15) is 21.6 Å². The highest BCUT2D eigenvalue weighted by Gasteiger charge is 2.40. The average Bonchev–Trinajstić information content (AvgIpc) is 2.97. The maximum Gasteiger partial charge on any atom is 0.573 e. The summed E-state index contributed by atoms with van der Waals surface area (Å²) < 4.78 is 74.9. The third kappa shape index (κ3) is 6.96. The summed E-state index contributed by atoms with van der Waals surface area (Å²) in [6.45, 7) is 1.13. The highest BCUT2D eigenvalue weighted by molar-refractivity contribution is 7.89. The van der Waals surface area contributed by atoms with E-state index in [1.165, 1.54) is 12.1 Å². The number of piperidine rings is 1. The minimum absolute atomic E-state index is 0.0532. The van der Waals surface area contributed by atoms with Crippen molar-refractivity contribution in [1.82, 2.24) is 4.98 Å². The molecule has 3 aromatic carbocycles. The van der Waals surface area contributed by atoms with Crippen molar-refractivity contribution in [1.29, 1.82) is 0 Å². The van der Waals surface area contributed by atoms with E-state index in [-0.39, 0.29) is 22.9 Å². The fourth-order valence-corrected chi connectivity index (χ4v) is 7.37. The number of aryl methyl sites for hydroxylation is 1. The van der Waals surface area contributed by atoms with Gasteiger partial charge in [0.05, 0.1) is 22.9 Å². The Morgan fingerprint density at radius 3 is 2.30 bits per heavy atom. The van der Waals surface area contributed by atoms with Crippen LogP contribution in [0.5, 0.6) is 11.5 Å². The van der Waals surface area contributed by atoms with Crippen LogP contribution in [-0.2, 0) is 27.8 Å². The summed E-state index contributed by atoms with van der Waals surface area (Å²) in [5, 5.41) is 0. The van der Waals surface area contributed by atoms with E-state index in [1.54, 1.807) is 36.5 Å². The smallest absolute Gasteiger partial charge is 0.487 e. The zero-order chi connectivity index (χ0) is 30.1. The van der Waals surface area contributed by atoms with Crippen molar-refractivity contribution in [3.05, 3.63) is 108 Å². The Balaban J connectivity index is 1.09. The summed E-state index contributed by atoms with van der Waals surface area (Å²) in [6, 6.07) is 25.2. The maximum atomic E-state index is 12.9. The Hall–Kier alpha value is -4.05. The molecule has 1 spiro atoms. The number of anilines is 1. The number of pyridine rings is 1. The van der Waals surface area contributed by atoms with Crippen molar-refractivity contribution < 1.29 is 31.1 Å². The fraction of sp³-hybridized carbons (Fsp3) is 0.303. The van der Waals surface area contributed by atoms with Gasteiger partial charge in [-0.2, -0.15) is 0 Å². The first-order valence-electron chi connectivity index (χ1n) is 14.2. The van der Waals surface area contributed by atoms with Crippen molar-refractivity contribution in [2.45, 2.75) is 49.2 Å². The van der Waals surface area contributed by atoms with Crippen molar-refractivity contribution in [2.75, 3.05) is 18.0 Å². The fourth-order valence-electron chi connectivity index (χ4n) is 5.94. The van der Waals surface area contributed by atoms with Gasteiger partial charge in [0.25, 0.3) is 0 Å². The number of fused-ring (bicyclic) bond motifs is 1. The molecule has 0 amide bonds. The number of halogens is 3. The molecule has 3 heterocycles. The molecule has 0 bridgehead atoms. The number of alkyl halides is 3. The van der Waals surface area contributed by atoms with Crippen LogP contribution in [0, 0.1) is 0 Å². The van der Waals surface area contributed by atoms with E-state index in [0.29, 0.717) is 37.3 Å². The molecule has 6 nitrogen and oxygen atoms in total. The molecule has 2 aliphatic heterocycles. The average molecular weight is 609 g/mol. The summed E-state index contributed by atoms with van der Waals surface area (Å²) in [6.07, 6.45) is -0.108. The van der Waals surface area contributed by atoms with E-state index in [0.717, 1.165) is 40.8 Å². The minimum atomic E-state index is -4.74. The van der Waals surface area contributed by atoms with Crippen LogP contribution in [0.3, 0.4) is 0 Å². The molecule has 0 radical (unpaired) electrons. The molecule has 0 atom stereocenters. The Bertz CT molecular complexity index is 1690. The van der Waals surface area contributed by atoms with Crippen LogP contribution in [0.4, 0.5) is 18.9 Å². The monoisotopic (exact) mass is 608 g/mol. The molecule has 10 heteroatoms. The number of aromatic nitrogens is 1. The second kappa shape index (κ2) is 11.6. The molecular weight excluding hydrogens is 577 g/mol. The summed E-state index contributed by atoms with van der Waals surface area (Å²) in [4.78, 5) is 6.05. The molecular formula is C33H31F3N2O4S. The van der Waals surface area contributed by atoms with Gasteiger partial charge in [-0.15, -0.1) is 13.2 Å². The van der Waals surface area contributed by atoms with Gasteiger partial charge in [0, 0.05) is 32.1 Å². The summed E-state index contributed by atoms with van der Waals surface area (Å²) >= 11 is 0. The van der Waals surface area contributed by atoms with Crippen LogP contribution in [0.15, 0.2) is 91.1 Å². The van der Waals surface area contributed by atoms with E-state index in [4.69, 9.17) is 4.74 Å². The molecule has 224 valence electrons. The summed E-state index contributed by atoms with van der Waals surface area (Å²) in [5.74, 6) is 0.496. The number of benzene rings is 3. The van der Waals surface area contributed by atoms with Gasteiger partial charge in [-0.1, -0.05) is 48.5 Å². The summed E-state index contributed by atoms with van der Waals surface area (Å²) in [5.41, 5.74) is 4.46. The Morgan fingerprint density at radius 2 is 1.58 bits per heavy atom. The highest BCUT2D eigenvalue weighted by Crippen LogP contribution is 2.43. The molecule has 2 aliphatic rings. The van der Waals surface area contributed by atoms with Gasteiger partial charge in [-0.3, -0.25) is 4.98 Å². The molecule has 1 saturated heterocycles. The number of sulfone groups is 1. The van der Waals surface area contributed by atoms with Gasteiger partial charge in [-0.25, -0.2) is 8.42 Å². The zero-order valence-corrected chi connectivity index (χ0v) is 24.2. The second-order valence-electron chi connectivity index (χ2n) is 11.2. The lowest BCUT2D eigenvalue weighted by atomic mass is 9.82. The Morgan fingerprint density at radius 1 is 0.860 bits per heavy atom. The second-order valence-corrected chi connectivity index (χ2v) is 13.2. The lowest BCUT2D eigenvalue weighted by molar-refractivity contribution is -0.274. The topological polar surface area (TPSA) is 68.7 Å². The molecule has 0 N–H and O–H groups in total. The van der Waals surface area contributed by atoms with Crippen molar-refractivity contribution in [3.63, 3.8) is 0 Å².